The number of carbonyl (C=O) groups is 1. The average molecular weight is 519 g/mol. The van der Waals surface area contributed by atoms with Crippen LogP contribution in [-0.2, 0) is 18.4 Å². The minimum absolute atomic E-state index is 0.0278. The molecular weight excluding hydrogens is 460 g/mol. The van der Waals surface area contributed by atoms with E-state index in [-0.39, 0.29) is 40.5 Å². The van der Waals surface area contributed by atoms with Crippen molar-refractivity contribution in [2.45, 2.75) is 143 Å². The lowest BCUT2D eigenvalue weighted by Crippen LogP contribution is -2.54. The number of carboxylic acids is 1. The second-order valence-corrected chi connectivity index (χ2v) is 23.1. The van der Waals surface area contributed by atoms with Crippen molar-refractivity contribution >= 4 is 22.6 Å². The van der Waals surface area contributed by atoms with Crippen molar-refractivity contribution in [2.75, 3.05) is 7.11 Å². The van der Waals surface area contributed by atoms with Crippen molar-refractivity contribution in [3.8, 4) is 0 Å². The molecule has 0 fully saturated rings. The van der Waals surface area contributed by atoms with Crippen LogP contribution >= 0.6 is 0 Å². The number of hydrogen-bond donors (Lipinski definition) is 1. The Hall–Kier alpha value is -0.216. The van der Waals surface area contributed by atoms with E-state index in [1.165, 1.54) is 0 Å². The van der Waals surface area contributed by atoms with Gasteiger partial charge < -0.3 is 18.7 Å². The molecule has 0 heterocycles. The number of methoxy groups -OCH3 is 1. The van der Waals surface area contributed by atoms with E-state index < -0.39 is 28.7 Å². The van der Waals surface area contributed by atoms with Gasteiger partial charge in [0.05, 0.1) is 24.7 Å². The number of hydrogen-bond acceptors (Lipinski definition) is 4. The van der Waals surface area contributed by atoms with Crippen LogP contribution in [0.1, 0.15) is 88.5 Å². The maximum absolute atomic E-state index is 11.6. The summed E-state index contributed by atoms with van der Waals surface area (Å²) in [4.78, 5) is 11.6. The van der Waals surface area contributed by atoms with Gasteiger partial charge in [0.2, 0.25) is 0 Å². The van der Waals surface area contributed by atoms with Crippen LogP contribution in [-0.4, -0.2) is 53.1 Å². The van der Waals surface area contributed by atoms with Crippen molar-refractivity contribution in [2.24, 2.45) is 17.8 Å². The van der Waals surface area contributed by atoms with Gasteiger partial charge in [-0.3, -0.25) is 4.79 Å². The molecule has 0 aliphatic carbocycles. The molecule has 6 atom stereocenters. The lowest BCUT2D eigenvalue weighted by Gasteiger charge is -2.48. The Balaban J connectivity index is 6.50. The van der Waals surface area contributed by atoms with Crippen molar-refractivity contribution < 1.29 is 23.5 Å². The van der Waals surface area contributed by atoms with Gasteiger partial charge in [-0.1, -0.05) is 75.7 Å². The highest BCUT2D eigenvalue weighted by Gasteiger charge is 2.47. The summed E-state index contributed by atoms with van der Waals surface area (Å²) in [6.45, 7) is 31.7. The first kappa shape index (κ1) is 33.8. The van der Waals surface area contributed by atoms with E-state index in [1.54, 1.807) is 7.11 Å². The molecule has 0 spiro atoms. The van der Waals surface area contributed by atoms with Crippen LogP contribution < -0.4 is 0 Å². The minimum atomic E-state index is -2.13. The van der Waals surface area contributed by atoms with Gasteiger partial charge in [-0.2, -0.15) is 0 Å². The fourth-order valence-corrected chi connectivity index (χ4v) is 7.09. The second kappa shape index (κ2) is 12.8. The summed E-state index contributed by atoms with van der Waals surface area (Å²) in [6.07, 6.45) is 1.64. The molecule has 0 aliphatic heterocycles. The van der Waals surface area contributed by atoms with Gasteiger partial charge in [0.25, 0.3) is 0 Å². The predicted molar refractivity (Wildman–Crippen MR) is 150 cm³/mol. The first-order chi connectivity index (χ1) is 15.1. The van der Waals surface area contributed by atoms with Gasteiger partial charge >= 0.3 is 5.97 Å². The van der Waals surface area contributed by atoms with Crippen LogP contribution in [0.4, 0.5) is 0 Å². The highest BCUT2D eigenvalue weighted by molar-refractivity contribution is 6.74. The van der Waals surface area contributed by atoms with Crippen molar-refractivity contribution in [1.82, 2.24) is 0 Å². The zero-order chi connectivity index (χ0) is 27.3. The largest absolute Gasteiger partial charge is 0.481 e. The molecular formula is C27H58O5Si2. The molecule has 0 radical (unpaired) electrons. The Morgan fingerprint density at radius 2 is 1.24 bits per heavy atom. The molecule has 0 saturated heterocycles. The minimum Gasteiger partial charge on any atom is -0.481 e. The van der Waals surface area contributed by atoms with Crippen LogP contribution in [0, 0.1) is 17.8 Å². The van der Waals surface area contributed by atoms with Gasteiger partial charge in [0, 0.05) is 18.9 Å². The average Bonchev–Trinajstić information content (AvgIpc) is 2.65. The number of carboxylic acid groups (broad SMARTS) is 1. The summed E-state index contributed by atoms with van der Waals surface area (Å²) < 4.78 is 19.9. The van der Waals surface area contributed by atoms with Gasteiger partial charge in [0.15, 0.2) is 16.6 Å². The smallest absolute Gasteiger partial charge is 0.305 e. The third-order valence-corrected chi connectivity index (χ3v) is 17.5. The first-order valence-corrected chi connectivity index (χ1v) is 19.0. The van der Waals surface area contributed by atoms with E-state index in [0.717, 1.165) is 12.8 Å². The molecule has 0 aromatic rings. The molecule has 0 saturated carbocycles. The summed E-state index contributed by atoms with van der Waals surface area (Å²) in [7, 11) is -2.55. The van der Waals surface area contributed by atoms with E-state index in [4.69, 9.17) is 13.6 Å². The summed E-state index contributed by atoms with van der Waals surface area (Å²) in [5.41, 5.74) is 0. The van der Waals surface area contributed by atoms with Crippen LogP contribution in [0.15, 0.2) is 0 Å². The second-order valence-electron chi connectivity index (χ2n) is 13.5. The summed E-state index contributed by atoms with van der Waals surface area (Å²) in [6, 6.07) is 0. The summed E-state index contributed by atoms with van der Waals surface area (Å²) in [5, 5.41) is 9.68. The number of rotatable bonds is 14. The normalized spacial score (nSPS) is 19.3. The molecule has 0 bridgehead atoms. The molecule has 5 nitrogen and oxygen atoms in total. The highest BCUT2D eigenvalue weighted by atomic mass is 28.4. The van der Waals surface area contributed by atoms with E-state index in [9.17, 15) is 9.90 Å². The molecule has 0 amide bonds. The van der Waals surface area contributed by atoms with E-state index in [0.29, 0.717) is 5.92 Å². The molecule has 0 rings (SSSR count). The molecule has 0 aromatic carbocycles. The van der Waals surface area contributed by atoms with Crippen molar-refractivity contribution in [3.63, 3.8) is 0 Å². The Morgan fingerprint density at radius 3 is 1.56 bits per heavy atom. The molecule has 34 heavy (non-hydrogen) atoms. The Morgan fingerprint density at radius 1 is 0.824 bits per heavy atom. The summed E-state index contributed by atoms with van der Waals surface area (Å²) in [5.74, 6) is -0.436. The van der Waals surface area contributed by atoms with Gasteiger partial charge in [-0.25, -0.2) is 0 Å². The molecule has 1 N–H and O–H groups in total. The van der Waals surface area contributed by atoms with Crippen LogP contribution in [0.25, 0.3) is 0 Å². The van der Waals surface area contributed by atoms with Crippen LogP contribution in [0.2, 0.25) is 36.3 Å². The zero-order valence-electron chi connectivity index (χ0n) is 25.2. The quantitative estimate of drug-likeness (QED) is 0.236. The lowest BCUT2D eigenvalue weighted by atomic mass is 9.80. The Bertz CT molecular complexity index is 621. The molecule has 0 aromatic heterocycles. The van der Waals surface area contributed by atoms with Gasteiger partial charge in [-0.05, 0) is 48.6 Å². The van der Waals surface area contributed by atoms with Crippen LogP contribution in [0.5, 0.6) is 0 Å². The van der Waals surface area contributed by atoms with Gasteiger partial charge in [-0.15, -0.1) is 0 Å². The standard InChI is InChI=1S/C27H58O5Si2/c1-16-17-19(2)24(31-33(12,13)26(5,6)7)21(4)25(32-34(14,15)27(8,9)10)20(3)22(30-11)18-23(28)29/h19-22,24-25H,16-18H2,1-15H3,(H,28,29)/t19-,20+,21+,22+,24+,25+/m1/s1. The lowest BCUT2D eigenvalue weighted by molar-refractivity contribution is -0.142. The third kappa shape index (κ3) is 9.34. The third-order valence-electron chi connectivity index (χ3n) is 8.60. The number of aliphatic carboxylic acids is 1. The molecule has 204 valence electrons. The van der Waals surface area contributed by atoms with E-state index in [1.807, 2.05) is 0 Å². The molecule has 0 unspecified atom stereocenters. The maximum Gasteiger partial charge on any atom is 0.305 e. The fourth-order valence-electron chi connectivity index (χ4n) is 4.14. The van der Waals surface area contributed by atoms with E-state index in [2.05, 4.69) is 95.4 Å². The maximum atomic E-state index is 11.6. The van der Waals surface area contributed by atoms with E-state index >= 15 is 0 Å². The topological polar surface area (TPSA) is 65.0 Å². The Kier molecular flexibility index (Phi) is 12.8. The molecule has 0 aliphatic rings. The van der Waals surface area contributed by atoms with Crippen molar-refractivity contribution in [1.29, 1.82) is 0 Å². The SMILES string of the molecule is CCC[C@@H](C)[C@H](O[Si](C)(C)C(C)(C)C)[C@H](C)[C@@H](O[Si](C)(C)C(C)(C)C)[C@@H](C)[C@H](CC(=O)O)OC. The predicted octanol–water partition coefficient (Wildman–Crippen LogP) is 7.97. The Labute approximate surface area is 214 Å². The molecule has 7 heteroatoms. The monoisotopic (exact) mass is 518 g/mol. The zero-order valence-corrected chi connectivity index (χ0v) is 27.2. The van der Waals surface area contributed by atoms with Crippen molar-refractivity contribution in [3.05, 3.63) is 0 Å². The highest BCUT2D eigenvalue weighted by Crippen LogP contribution is 2.44. The first-order valence-electron chi connectivity index (χ1n) is 13.2. The van der Waals surface area contributed by atoms with Crippen LogP contribution in [0.3, 0.4) is 0 Å². The number of ether oxygens (including phenoxy) is 1. The summed E-state index contributed by atoms with van der Waals surface area (Å²) >= 11 is 0. The fraction of sp³-hybridized carbons (Fsp3) is 0.963. The van der Waals surface area contributed by atoms with Gasteiger partial charge in [0.1, 0.15) is 0 Å².